The van der Waals surface area contributed by atoms with Gasteiger partial charge in [0.05, 0.1) is 31.2 Å². The molecule has 1 heterocycles. The van der Waals surface area contributed by atoms with Crippen LogP contribution in [0.4, 0.5) is 11.5 Å². The minimum atomic E-state index is -0.420. The fourth-order valence-corrected chi connectivity index (χ4v) is 2.44. The van der Waals surface area contributed by atoms with Crippen LogP contribution in [0.1, 0.15) is 43.0 Å². The largest absolute Gasteiger partial charge is 0.462 e. The molecule has 1 aliphatic rings. The van der Waals surface area contributed by atoms with E-state index in [-0.39, 0.29) is 0 Å². The number of hydrogen-bond donors (Lipinski definition) is 2. The number of pyridine rings is 1. The smallest absolute Gasteiger partial charge is 0.341 e. The maximum Gasteiger partial charge on any atom is 0.341 e. The minimum Gasteiger partial charge on any atom is -0.462 e. The number of esters is 1. The molecule has 0 amide bonds. The summed E-state index contributed by atoms with van der Waals surface area (Å²) in [7, 11) is 0. The van der Waals surface area contributed by atoms with Gasteiger partial charge in [-0.2, -0.15) is 0 Å². The summed E-state index contributed by atoms with van der Waals surface area (Å²) in [5.41, 5.74) is 6.47. The summed E-state index contributed by atoms with van der Waals surface area (Å²) in [5.74, 6) is 0.0641. The molecule has 0 atom stereocenters. The second kappa shape index (κ2) is 7.83. The number of carbonyl (C=O) groups excluding carboxylic acids is 1. The molecular weight excluding hydrogens is 270 g/mol. The van der Waals surface area contributed by atoms with Gasteiger partial charge >= 0.3 is 5.97 Å². The molecule has 1 aromatic heterocycles. The molecule has 0 saturated heterocycles. The molecule has 1 aromatic rings. The predicted molar refractivity (Wildman–Crippen MR) is 81.3 cm³/mol. The van der Waals surface area contributed by atoms with E-state index in [0.717, 1.165) is 12.8 Å². The van der Waals surface area contributed by atoms with Gasteiger partial charge in [-0.15, -0.1) is 0 Å². The Bertz CT molecular complexity index is 473. The zero-order valence-electron chi connectivity index (χ0n) is 12.4. The number of nitrogens with two attached hydrogens (primary N) is 1. The molecule has 0 aromatic carbocycles. The Kier molecular flexibility index (Phi) is 5.80. The van der Waals surface area contributed by atoms with Crippen LogP contribution in [0.3, 0.4) is 0 Å². The third kappa shape index (κ3) is 4.60. The molecule has 6 heteroatoms. The summed E-state index contributed by atoms with van der Waals surface area (Å²) < 4.78 is 10.8. The molecule has 6 nitrogen and oxygen atoms in total. The van der Waals surface area contributed by atoms with Gasteiger partial charge in [-0.3, -0.25) is 0 Å². The standard InChI is InChI=1S/C15H23N3O3/c1-2-20-15(19)13-9-11(16)10-18-14(13)17-7-8-21-12-5-3-4-6-12/h9-10,12H,2-8,16H2,1H3,(H,17,18). The van der Waals surface area contributed by atoms with Crippen molar-refractivity contribution >= 4 is 17.5 Å². The number of carbonyl (C=O) groups is 1. The molecule has 1 aliphatic carbocycles. The molecule has 3 N–H and O–H groups in total. The van der Waals surface area contributed by atoms with E-state index in [1.54, 1.807) is 13.0 Å². The third-order valence-corrected chi connectivity index (χ3v) is 3.45. The Labute approximate surface area is 125 Å². The number of nitrogen functional groups attached to an aromatic ring is 1. The van der Waals surface area contributed by atoms with Crippen LogP contribution in [-0.2, 0) is 9.47 Å². The minimum absolute atomic E-state index is 0.317. The SMILES string of the molecule is CCOC(=O)c1cc(N)cnc1NCCOC1CCCC1. The lowest BCUT2D eigenvalue weighted by Gasteiger charge is -2.13. The average Bonchev–Trinajstić information content (AvgIpc) is 2.98. The van der Waals surface area contributed by atoms with Gasteiger partial charge in [0.25, 0.3) is 0 Å². The van der Waals surface area contributed by atoms with Crippen LogP contribution in [0.25, 0.3) is 0 Å². The van der Waals surface area contributed by atoms with Crippen molar-refractivity contribution in [1.29, 1.82) is 0 Å². The monoisotopic (exact) mass is 293 g/mol. The van der Waals surface area contributed by atoms with Gasteiger partial charge in [0, 0.05) is 6.54 Å². The summed E-state index contributed by atoms with van der Waals surface area (Å²) in [6.07, 6.45) is 6.70. The van der Waals surface area contributed by atoms with Gasteiger partial charge in [0.15, 0.2) is 0 Å². The van der Waals surface area contributed by atoms with E-state index in [2.05, 4.69) is 10.3 Å². The van der Waals surface area contributed by atoms with E-state index in [4.69, 9.17) is 15.2 Å². The van der Waals surface area contributed by atoms with Gasteiger partial charge in [-0.25, -0.2) is 9.78 Å². The van der Waals surface area contributed by atoms with Gasteiger partial charge in [0.1, 0.15) is 11.4 Å². The quantitative estimate of drug-likeness (QED) is 0.592. The van der Waals surface area contributed by atoms with E-state index < -0.39 is 5.97 Å². The first-order valence-electron chi connectivity index (χ1n) is 7.48. The fourth-order valence-electron chi connectivity index (χ4n) is 2.44. The lowest BCUT2D eigenvalue weighted by Crippen LogP contribution is -2.18. The zero-order valence-corrected chi connectivity index (χ0v) is 12.4. The summed E-state index contributed by atoms with van der Waals surface area (Å²) in [5, 5.41) is 3.11. The molecule has 21 heavy (non-hydrogen) atoms. The number of nitrogens with zero attached hydrogens (tertiary/aromatic N) is 1. The van der Waals surface area contributed by atoms with Crippen molar-refractivity contribution in [3.63, 3.8) is 0 Å². The molecular formula is C15H23N3O3. The van der Waals surface area contributed by atoms with Crippen molar-refractivity contribution in [2.45, 2.75) is 38.7 Å². The highest BCUT2D eigenvalue weighted by atomic mass is 16.5. The second-order valence-electron chi connectivity index (χ2n) is 5.09. The zero-order chi connectivity index (χ0) is 15.1. The number of ether oxygens (including phenoxy) is 2. The van der Waals surface area contributed by atoms with E-state index >= 15 is 0 Å². The molecule has 1 saturated carbocycles. The molecule has 0 radical (unpaired) electrons. The Hall–Kier alpha value is -1.82. The second-order valence-corrected chi connectivity index (χ2v) is 5.09. The van der Waals surface area contributed by atoms with Crippen molar-refractivity contribution in [2.24, 2.45) is 0 Å². The van der Waals surface area contributed by atoms with Crippen LogP contribution in [0, 0.1) is 0 Å². The third-order valence-electron chi connectivity index (χ3n) is 3.45. The maximum atomic E-state index is 11.9. The van der Waals surface area contributed by atoms with E-state index in [9.17, 15) is 4.79 Å². The van der Waals surface area contributed by atoms with Crippen molar-refractivity contribution in [2.75, 3.05) is 30.8 Å². The van der Waals surface area contributed by atoms with E-state index in [1.807, 2.05) is 0 Å². The van der Waals surface area contributed by atoms with Crippen LogP contribution in [0.15, 0.2) is 12.3 Å². The van der Waals surface area contributed by atoms with Crippen molar-refractivity contribution in [3.05, 3.63) is 17.8 Å². The number of nitrogens with one attached hydrogen (secondary N) is 1. The first-order valence-corrected chi connectivity index (χ1v) is 7.48. The normalized spacial score (nSPS) is 15.1. The molecule has 0 aliphatic heterocycles. The van der Waals surface area contributed by atoms with Gasteiger partial charge in [-0.1, -0.05) is 12.8 Å². The topological polar surface area (TPSA) is 86.5 Å². The molecule has 1 fully saturated rings. The molecule has 0 unspecified atom stereocenters. The number of hydrogen-bond acceptors (Lipinski definition) is 6. The summed E-state index contributed by atoms with van der Waals surface area (Å²) in [6.45, 7) is 3.27. The number of anilines is 2. The van der Waals surface area contributed by atoms with Crippen LogP contribution in [0.2, 0.25) is 0 Å². The average molecular weight is 293 g/mol. The van der Waals surface area contributed by atoms with Gasteiger partial charge in [-0.05, 0) is 25.8 Å². The predicted octanol–water partition coefficient (Wildman–Crippen LogP) is 2.21. The highest BCUT2D eigenvalue weighted by molar-refractivity contribution is 5.95. The molecule has 116 valence electrons. The van der Waals surface area contributed by atoms with E-state index in [1.165, 1.54) is 19.0 Å². The van der Waals surface area contributed by atoms with Crippen LogP contribution in [0.5, 0.6) is 0 Å². The molecule has 2 rings (SSSR count). The van der Waals surface area contributed by atoms with Gasteiger partial charge in [0.2, 0.25) is 0 Å². The Balaban J connectivity index is 1.87. The van der Waals surface area contributed by atoms with E-state index in [0.29, 0.717) is 42.9 Å². The Morgan fingerprint density at radius 3 is 2.95 bits per heavy atom. The first kappa shape index (κ1) is 15.6. The Morgan fingerprint density at radius 1 is 1.48 bits per heavy atom. The maximum absolute atomic E-state index is 11.9. The van der Waals surface area contributed by atoms with Crippen LogP contribution >= 0.6 is 0 Å². The van der Waals surface area contributed by atoms with Crippen molar-refractivity contribution < 1.29 is 14.3 Å². The highest BCUT2D eigenvalue weighted by Crippen LogP contribution is 2.21. The lowest BCUT2D eigenvalue weighted by molar-refractivity contribution is 0.0526. The first-order chi connectivity index (χ1) is 10.2. The number of aromatic nitrogens is 1. The summed E-state index contributed by atoms with van der Waals surface area (Å²) >= 11 is 0. The molecule has 0 bridgehead atoms. The summed E-state index contributed by atoms with van der Waals surface area (Å²) in [6, 6.07) is 1.57. The fraction of sp³-hybridized carbons (Fsp3) is 0.600. The highest BCUT2D eigenvalue weighted by Gasteiger charge is 2.16. The number of rotatable bonds is 7. The molecule has 0 spiro atoms. The van der Waals surface area contributed by atoms with Crippen LogP contribution in [-0.4, -0.2) is 36.8 Å². The Morgan fingerprint density at radius 2 is 2.24 bits per heavy atom. The van der Waals surface area contributed by atoms with Gasteiger partial charge < -0.3 is 20.5 Å². The lowest BCUT2D eigenvalue weighted by atomic mass is 10.2. The summed E-state index contributed by atoms with van der Waals surface area (Å²) in [4.78, 5) is 16.0. The van der Waals surface area contributed by atoms with Crippen molar-refractivity contribution in [1.82, 2.24) is 4.98 Å². The van der Waals surface area contributed by atoms with Crippen molar-refractivity contribution in [3.8, 4) is 0 Å². The van der Waals surface area contributed by atoms with Crippen LogP contribution < -0.4 is 11.1 Å².